The molecule has 0 aliphatic carbocycles. The van der Waals surface area contributed by atoms with E-state index in [1.807, 2.05) is 20.8 Å². The molecule has 0 aliphatic rings. The zero-order chi connectivity index (χ0) is 13.9. The summed E-state index contributed by atoms with van der Waals surface area (Å²) in [6, 6.07) is 1.68. The molecule has 98 valence electrons. The zero-order valence-electron chi connectivity index (χ0n) is 10.7. The summed E-state index contributed by atoms with van der Waals surface area (Å²) in [5.74, 6) is -0.152. The highest BCUT2D eigenvalue weighted by Gasteiger charge is 2.28. The van der Waals surface area contributed by atoms with Crippen molar-refractivity contribution in [2.75, 3.05) is 6.54 Å². The minimum Gasteiger partial charge on any atom is -0.330 e. The van der Waals surface area contributed by atoms with Crippen LogP contribution in [0, 0.1) is 0 Å². The molecule has 0 atom stereocenters. The van der Waals surface area contributed by atoms with E-state index in [4.69, 9.17) is 11.6 Å². The summed E-state index contributed by atoms with van der Waals surface area (Å²) in [7, 11) is 0. The second-order valence-electron chi connectivity index (χ2n) is 4.87. The van der Waals surface area contributed by atoms with Crippen molar-refractivity contribution >= 4 is 33.4 Å². The van der Waals surface area contributed by atoms with E-state index in [1.165, 1.54) is 0 Å². The molecule has 0 radical (unpaired) electrons. The van der Waals surface area contributed by atoms with Crippen LogP contribution in [0.25, 0.3) is 0 Å². The van der Waals surface area contributed by atoms with Gasteiger partial charge in [-0.15, -0.1) is 6.58 Å². The zero-order valence-corrected chi connectivity index (χ0v) is 13.0. The van der Waals surface area contributed by atoms with Gasteiger partial charge in [-0.05, 0) is 42.8 Å². The van der Waals surface area contributed by atoms with Gasteiger partial charge in [0.15, 0.2) is 0 Å². The van der Waals surface area contributed by atoms with Crippen molar-refractivity contribution in [2.24, 2.45) is 0 Å². The number of pyridine rings is 1. The Bertz CT molecular complexity index is 469. The van der Waals surface area contributed by atoms with Gasteiger partial charge < -0.3 is 4.90 Å². The highest BCUT2D eigenvalue weighted by Crippen LogP contribution is 2.23. The molecule has 1 heterocycles. The molecule has 1 aromatic heterocycles. The number of amides is 1. The summed E-state index contributed by atoms with van der Waals surface area (Å²) >= 11 is 9.27. The second-order valence-corrected chi connectivity index (χ2v) is 6.14. The molecule has 0 aromatic carbocycles. The van der Waals surface area contributed by atoms with Crippen LogP contribution in [0.4, 0.5) is 0 Å². The van der Waals surface area contributed by atoms with Crippen LogP contribution < -0.4 is 0 Å². The number of nitrogens with zero attached hydrogens (tertiary/aromatic N) is 2. The second kappa shape index (κ2) is 5.85. The summed E-state index contributed by atoms with van der Waals surface area (Å²) < 4.78 is 0.725. The summed E-state index contributed by atoms with van der Waals surface area (Å²) in [5, 5.41) is 0.210. The van der Waals surface area contributed by atoms with E-state index in [0.717, 1.165) is 4.47 Å². The predicted octanol–water partition coefficient (Wildman–Crippen LogP) is 3.92. The van der Waals surface area contributed by atoms with Gasteiger partial charge in [-0.2, -0.15) is 0 Å². The molecular formula is C13H16BrClN2O. The largest absolute Gasteiger partial charge is 0.330 e. The minimum atomic E-state index is -0.309. The van der Waals surface area contributed by atoms with Gasteiger partial charge in [0, 0.05) is 22.8 Å². The fraction of sp³-hybridized carbons (Fsp3) is 0.385. The molecule has 0 saturated carbocycles. The average Bonchev–Trinajstić information content (AvgIpc) is 2.27. The molecule has 1 aromatic rings. The molecule has 3 nitrogen and oxygen atoms in total. The SMILES string of the molecule is C=CCN(C(=O)c1cc(Br)cnc1Cl)C(C)(C)C. The Morgan fingerprint density at radius 2 is 2.22 bits per heavy atom. The van der Waals surface area contributed by atoms with Crippen LogP contribution in [-0.2, 0) is 0 Å². The van der Waals surface area contributed by atoms with Gasteiger partial charge in [-0.25, -0.2) is 4.98 Å². The van der Waals surface area contributed by atoms with Crippen molar-refractivity contribution in [3.63, 3.8) is 0 Å². The van der Waals surface area contributed by atoms with E-state index >= 15 is 0 Å². The molecule has 0 bridgehead atoms. The van der Waals surface area contributed by atoms with Gasteiger partial charge in [0.2, 0.25) is 0 Å². The number of hydrogen-bond acceptors (Lipinski definition) is 2. The first kappa shape index (κ1) is 15.2. The van der Waals surface area contributed by atoms with Crippen LogP contribution >= 0.6 is 27.5 Å². The van der Waals surface area contributed by atoms with Gasteiger partial charge in [0.1, 0.15) is 5.15 Å². The third-order valence-electron chi connectivity index (χ3n) is 2.40. The normalized spacial score (nSPS) is 11.2. The smallest absolute Gasteiger partial charge is 0.257 e. The Morgan fingerprint density at radius 1 is 1.61 bits per heavy atom. The van der Waals surface area contributed by atoms with E-state index < -0.39 is 0 Å². The first-order chi connectivity index (χ1) is 8.27. The third-order valence-corrected chi connectivity index (χ3v) is 3.14. The maximum absolute atomic E-state index is 12.5. The summed E-state index contributed by atoms with van der Waals surface area (Å²) in [6.07, 6.45) is 3.26. The molecule has 18 heavy (non-hydrogen) atoms. The van der Waals surface area contributed by atoms with Crippen molar-refractivity contribution in [3.05, 3.63) is 40.1 Å². The number of rotatable bonds is 3. The first-order valence-electron chi connectivity index (χ1n) is 5.51. The van der Waals surface area contributed by atoms with Crippen LogP contribution in [-0.4, -0.2) is 27.9 Å². The van der Waals surface area contributed by atoms with Gasteiger partial charge in [-0.3, -0.25) is 4.79 Å². The molecule has 0 unspecified atom stereocenters. The van der Waals surface area contributed by atoms with Crippen LogP contribution in [0.3, 0.4) is 0 Å². The van der Waals surface area contributed by atoms with Crippen molar-refractivity contribution < 1.29 is 4.79 Å². The van der Waals surface area contributed by atoms with E-state index in [0.29, 0.717) is 12.1 Å². The molecule has 1 amide bonds. The lowest BCUT2D eigenvalue weighted by Crippen LogP contribution is -2.45. The molecule has 5 heteroatoms. The standard InChI is InChI=1S/C13H16BrClN2O/c1-5-6-17(13(2,3)4)12(18)10-7-9(14)8-16-11(10)15/h5,7-8H,1,6H2,2-4H3. The minimum absolute atomic E-state index is 0.152. The molecule has 0 aliphatic heterocycles. The van der Waals surface area contributed by atoms with E-state index in [-0.39, 0.29) is 16.6 Å². The number of carbonyl (C=O) groups excluding carboxylic acids is 1. The van der Waals surface area contributed by atoms with Crippen LogP contribution in [0.2, 0.25) is 5.15 Å². The fourth-order valence-electron chi connectivity index (χ4n) is 1.51. The molecule has 0 spiro atoms. The molecule has 0 saturated heterocycles. The third kappa shape index (κ3) is 3.56. The fourth-order valence-corrected chi connectivity index (χ4v) is 2.02. The maximum Gasteiger partial charge on any atom is 0.257 e. The number of aromatic nitrogens is 1. The number of carbonyl (C=O) groups is 1. The number of halogens is 2. The Labute approximate surface area is 121 Å². The predicted molar refractivity (Wildman–Crippen MR) is 77.9 cm³/mol. The van der Waals surface area contributed by atoms with Gasteiger partial charge in [0.05, 0.1) is 5.56 Å². The van der Waals surface area contributed by atoms with Crippen LogP contribution in [0.15, 0.2) is 29.4 Å². The van der Waals surface area contributed by atoms with Crippen LogP contribution in [0.5, 0.6) is 0 Å². The summed E-state index contributed by atoms with van der Waals surface area (Å²) in [5.41, 5.74) is 0.0829. The van der Waals surface area contributed by atoms with Gasteiger partial charge >= 0.3 is 0 Å². The maximum atomic E-state index is 12.5. The first-order valence-corrected chi connectivity index (χ1v) is 6.68. The quantitative estimate of drug-likeness (QED) is 0.621. The molecule has 0 N–H and O–H groups in total. The molecule has 0 fully saturated rings. The Kier molecular flexibility index (Phi) is 4.93. The van der Waals surface area contributed by atoms with Crippen molar-refractivity contribution in [1.29, 1.82) is 0 Å². The average molecular weight is 332 g/mol. The van der Waals surface area contributed by atoms with E-state index in [2.05, 4.69) is 27.5 Å². The highest BCUT2D eigenvalue weighted by molar-refractivity contribution is 9.10. The summed E-state index contributed by atoms with van der Waals surface area (Å²) in [6.45, 7) is 10.0. The highest BCUT2D eigenvalue weighted by atomic mass is 79.9. The Morgan fingerprint density at radius 3 is 2.72 bits per heavy atom. The lowest BCUT2D eigenvalue weighted by atomic mass is 10.0. The monoisotopic (exact) mass is 330 g/mol. The van der Waals surface area contributed by atoms with Crippen molar-refractivity contribution in [1.82, 2.24) is 9.88 Å². The van der Waals surface area contributed by atoms with Gasteiger partial charge in [-0.1, -0.05) is 17.7 Å². The van der Waals surface area contributed by atoms with E-state index in [9.17, 15) is 4.79 Å². The molecule has 1 rings (SSSR count). The lowest BCUT2D eigenvalue weighted by Gasteiger charge is -2.35. The van der Waals surface area contributed by atoms with Crippen molar-refractivity contribution in [3.8, 4) is 0 Å². The lowest BCUT2D eigenvalue weighted by molar-refractivity contribution is 0.0616. The van der Waals surface area contributed by atoms with Gasteiger partial charge in [0.25, 0.3) is 5.91 Å². The Hall–Kier alpha value is -0.870. The summed E-state index contributed by atoms with van der Waals surface area (Å²) in [4.78, 5) is 18.2. The number of hydrogen-bond donors (Lipinski definition) is 0. The topological polar surface area (TPSA) is 33.2 Å². The van der Waals surface area contributed by atoms with Crippen LogP contribution in [0.1, 0.15) is 31.1 Å². The molecular weight excluding hydrogens is 316 g/mol. The van der Waals surface area contributed by atoms with E-state index in [1.54, 1.807) is 23.2 Å². The van der Waals surface area contributed by atoms with Crippen molar-refractivity contribution in [2.45, 2.75) is 26.3 Å². The Balaban J connectivity index is 3.17.